The smallest absolute Gasteiger partial charge is 0.356 e. The molecule has 0 aromatic heterocycles. The normalized spacial score (nSPS) is 16.2. The highest BCUT2D eigenvalue weighted by Crippen LogP contribution is 2.38. The molecule has 0 radical (unpaired) electrons. The first-order chi connectivity index (χ1) is 10.0. The van der Waals surface area contributed by atoms with Gasteiger partial charge in [-0.25, -0.2) is 14.7 Å². The van der Waals surface area contributed by atoms with Gasteiger partial charge in [0, 0.05) is 0 Å². The Labute approximate surface area is 122 Å². The minimum Gasteiger partial charge on any atom is -0.493 e. The van der Waals surface area contributed by atoms with Crippen LogP contribution in [0, 0.1) is 0 Å². The first-order valence-corrected chi connectivity index (χ1v) is 6.21. The van der Waals surface area contributed by atoms with Crippen LogP contribution in [0.5, 0.6) is 17.2 Å². The molecule has 0 bridgehead atoms. The molecule has 0 atom stereocenters. The Morgan fingerprint density at radius 2 is 1.71 bits per heavy atom. The summed E-state index contributed by atoms with van der Waals surface area (Å²) in [5.41, 5.74) is 6.84. The number of methoxy groups -OCH3 is 3. The van der Waals surface area contributed by atoms with Gasteiger partial charge in [0.1, 0.15) is 0 Å². The van der Waals surface area contributed by atoms with E-state index in [9.17, 15) is 4.79 Å². The summed E-state index contributed by atoms with van der Waals surface area (Å²) >= 11 is 0. The van der Waals surface area contributed by atoms with Crippen LogP contribution in [0.25, 0.3) is 6.08 Å². The van der Waals surface area contributed by atoms with Gasteiger partial charge in [-0.3, -0.25) is 5.73 Å². The number of rotatable bonds is 4. The molecule has 1 heterocycles. The van der Waals surface area contributed by atoms with Crippen LogP contribution in [0.3, 0.4) is 0 Å². The maximum atomic E-state index is 11.8. The standard InChI is InChI=1S/C14H17N3O4/c1-17-9(13(18)16-14(17)15)5-8-6-10(19-2)12(21-4)11(7-8)20-3/h5-7H,1-4H3,(H2,15,16,18)/p+1/b9-5-. The van der Waals surface area contributed by atoms with Gasteiger partial charge in [-0.05, 0) is 23.8 Å². The van der Waals surface area contributed by atoms with Crippen LogP contribution in [0.2, 0.25) is 0 Å². The average molecular weight is 292 g/mol. The molecule has 0 saturated carbocycles. The summed E-state index contributed by atoms with van der Waals surface area (Å²) < 4.78 is 17.4. The molecule has 1 aliphatic rings. The van der Waals surface area contributed by atoms with Crippen molar-refractivity contribution in [1.29, 1.82) is 0 Å². The Balaban J connectivity index is 2.53. The van der Waals surface area contributed by atoms with Crippen molar-refractivity contribution in [2.45, 2.75) is 0 Å². The SMILES string of the molecule is COc1cc(/C=C2/C(=O)NC(N)=[N+]2C)cc(OC)c1OC. The number of nitrogens with two attached hydrogens (primary N) is 1. The maximum Gasteiger partial charge on any atom is 0.356 e. The lowest BCUT2D eigenvalue weighted by molar-refractivity contribution is -0.432. The molecule has 7 nitrogen and oxygen atoms in total. The predicted octanol–water partition coefficient (Wildman–Crippen LogP) is 0.140. The lowest BCUT2D eigenvalue weighted by Crippen LogP contribution is -2.32. The van der Waals surface area contributed by atoms with E-state index in [1.807, 2.05) is 0 Å². The number of benzene rings is 1. The van der Waals surface area contributed by atoms with Crippen LogP contribution in [0.15, 0.2) is 17.8 Å². The first-order valence-electron chi connectivity index (χ1n) is 6.21. The van der Waals surface area contributed by atoms with Crippen molar-refractivity contribution in [3.63, 3.8) is 0 Å². The van der Waals surface area contributed by atoms with Crippen LogP contribution in [-0.4, -0.2) is 44.8 Å². The molecule has 1 aliphatic heterocycles. The van der Waals surface area contributed by atoms with Crippen molar-refractivity contribution in [1.82, 2.24) is 5.32 Å². The van der Waals surface area contributed by atoms with Gasteiger partial charge in [0.2, 0.25) is 5.75 Å². The number of nitrogens with zero attached hydrogens (tertiary/aromatic N) is 1. The number of carbonyl (C=O) groups excluding carboxylic acids is 1. The molecule has 0 aliphatic carbocycles. The van der Waals surface area contributed by atoms with E-state index in [0.717, 1.165) is 5.56 Å². The number of amides is 1. The summed E-state index contributed by atoms with van der Waals surface area (Å²) in [5, 5.41) is 2.54. The summed E-state index contributed by atoms with van der Waals surface area (Å²) in [6.07, 6.45) is 1.69. The van der Waals surface area contributed by atoms with Gasteiger partial charge in [0.05, 0.1) is 28.4 Å². The van der Waals surface area contributed by atoms with Crippen molar-refractivity contribution in [2.24, 2.45) is 5.73 Å². The first kappa shape index (κ1) is 14.7. The number of hydrogen-bond donors (Lipinski definition) is 2. The molecular weight excluding hydrogens is 274 g/mol. The average Bonchev–Trinajstić information content (AvgIpc) is 2.72. The highest BCUT2D eigenvalue weighted by atomic mass is 16.5. The number of guanidine groups is 1. The highest BCUT2D eigenvalue weighted by Gasteiger charge is 2.29. The van der Waals surface area contributed by atoms with Gasteiger partial charge < -0.3 is 14.2 Å². The summed E-state index contributed by atoms with van der Waals surface area (Å²) in [7, 11) is 6.31. The predicted molar refractivity (Wildman–Crippen MR) is 77.6 cm³/mol. The Bertz CT molecular complexity index is 625. The van der Waals surface area contributed by atoms with Crippen molar-refractivity contribution in [2.75, 3.05) is 28.4 Å². The minimum absolute atomic E-state index is 0.260. The van der Waals surface area contributed by atoms with E-state index in [1.165, 1.54) is 21.3 Å². The fraction of sp³-hybridized carbons (Fsp3) is 0.286. The molecule has 3 N–H and O–H groups in total. The third-order valence-electron chi connectivity index (χ3n) is 3.19. The van der Waals surface area contributed by atoms with Gasteiger partial charge in [-0.15, -0.1) is 0 Å². The molecule has 21 heavy (non-hydrogen) atoms. The molecule has 0 saturated heterocycles. The van der Waals surface area contributed by atoms with Crippen molar-refractivity contribution in [3.05, 3.63) is 23.4 Å². The molecular formula is C14H18N3O4+. The van der Waals surface area contributed by atoms with Crippen LogP contribution in [0.1, 0.15) is 5.56 Å². The topological polar surface area (TPSA) is 85.8 Å². The van der Waals surface area contributed by atoms with E-state index in [-0.39, 0.29) is 5.91 Å². The van der Waals surface area contributed by atoms with Crippen LogP contribution < -0.4 is 25.3 Å². The monoisotopic (exact) mass is 292 g/mol. The van der Waals surface area contributed by atoms with E-state index in [1.54, 1.807) is 29.8 Å². The van der Waals surface area contributed by atoms with Gasteiger partial charge in [0.25, 0.3) is 0 Å². The molecule has 112 valence electrons. The third-order valence-corrected chi connectivity index (χ3v) is 3.19. The van der Waals surface area contributed by atoms with E-state index < -0.39 is 0 Å². The second kappa shape index (κ2) is 5.74. The lowest BCUT2D eigenvalue weighted by Gasteiger charge is -2.12. The number of nitrogens with one attached hydrogen (secondary N) is 1. The van der Waals surface area contributed by atoms with Crippen LogP contribution >= 0.6 is 0 Å². The molecule has 1 amide bonds. The van der Waals surface area contributed by atoms with Gasteiger partial charge >= 0.3 is 11.9 Å². The van der Waals surface area contributed by atoms with E-state index in [0.29, 0.717) is 28.9 Å². The Morgan fingerprint density at radius 1 is 1.14 bits per heavy atom. The zero-order chi connectivity index (χ0) is 15.6. The van der Waals surface area contributed by atoms with Gasteiger partial charge in [-0.2, -0.15) is 0 Å². The number of hydrogen-bond acceptors (Lipinski definition) is 5. The van der Waals surface area contributed by atoms with Crippen LogP contribution in [-0.2, 0) is 4.79 Å². The fourth-order valence-electron chi connectivity index (χ4n) is 2.05. The molecule has 2 rings (SSSR count). The summed E-state index contributed by atoms with van der Waals surface area (Å²) in [5.74, 6) is 1.56. The largest absolute Gasteiger partial charge is 0.493 e. The van der Waals surface area contributed by atoms with E-state index in [4.69, 9.17) is 19.9 Å². The third kappa shape index (κ3) is 2.62. The molecule has 1 aromatic rings. The second-order valence-electron chi connectivity index (χ2n) is 4.39. The van der Waals surface area contributed by atoms with Crippen molar-refractivity contribution in [3.8, 4) is 17.2 Å². The van der Waals surface area contributed by atoms with Crippen LogP contribution in [0.4, 0.5) is 0 Å². The summed E-state index contributed by atoms with van der Waals surface area (Å²) in [4.78, 5) is 11.8. The quantitative estimate of drug-likeness (QED) is 0.609. The Kier molecular flexibility index (Phi) is 4.02. The second-order valence-corrected chi connectivity index (χ2v) is 4.39. The zero-order valence-corrected chi connectivity index (χ0v) is 12.4. The van der Waals surface area contributed by atoms with E-state index >= 15 is 0 Å². The van der Waals surface area contributed by atoms with Gasteiger partial charge in [0.15, 0.2) is 17.2 Å². The molecule has 1 aromatic carbocycles. The number of likely N-dealkylation sites (N-methyl/N-ethyl adjacent to an activating group) is 1. The molecule has 0 unspecified atom stereocenters. The number of carbonyl (C=O) groups is 1. The fourth-order valence-corrected chi connectivity index (χ4v) is 2.05. The van der Waals surface area contributed by atoms with Crippen molar-refractivity contribution >= 4 is 17.9 Å². The maximum absolute atomic E-state index is 11.8. The van der Waals surface area contributed by atoms with E-state index in [2.05, 4.69) is 5.32 Å². The Hall–Kier alpha value is -2.70. The van der Waals surface area contributed by atoms with Gasteiger partial charge in [-0.1, -0.05) is 0 Å². The van der Waals surface area contributed by atoms with Crippen molar-refractivity contribution < 1.29 is 23.6 Å². The highest BCUT2D eigenvalue weighted by molar-refractivity contribution is 6.08. The Morgan fingerprint density at radius 3 is 2.10 bits per heavy atom. The summed E-state index contributed by atoms with van der Waals surface area (Å²) in [6, 6.07) is 3.51. The lowest BCUT2D eigenvalue weighted by atomic mass is 10.1. The molecule has 0 spiro atoms. The summed E-state index contributed by atoms with van der Waals surface area (Å²) in [6.45, 7) is 0. The zero-order valence-electron chi connectivity index (χ0n) is 12.4. The number of ether oxygens (including phenoxy) is 3. The molecule has 7 heteroatoms. The molecule has 0 fully saturated rings. The minimum atomic E-state index is -0.260.